The zero-order valence-corrected chi connectivity index (χ0v) is 14.4. The molecular weight excluding hydrogens is 338 g/mol. The molecule has 3 aromatic heterocycles. The normalized spacial score (nSPS) is 11.6. The number of para-hydroxylation sites is 2. The molecule has 9 heteroatoms. The highest BCUT2D eigenvalue weighted by atomic mass is 16.4. The molecule has 1 aromatic carbocycles. The SMILES string of the molecule is Cn1c(=O)c2c(ncn2CCCn2c(=O)oc3ccccc32)n(C)c1=O. The molecule has 4 aromatic rings. The quantitative estimate of drug-likeness (QED) is 0.529. The third kappa shape index (κ3) is 2.32. The first-order chi connectivity index (χ1) is 12.5. The van der Waals surface area contributed by atoms with Gasteiger partial charge >= 0.3 is 11.4 Å². The van der Waals surface area contributed by atoms with E-state index in [1.165, 1.54) is 11.6 Å². The van der Waals surface area contributed by atoms with Crippen LogP contribution in [0.1, 0.15) is 6.42 Å². The third-order valence-corrected chi connectivity index (χ3v) is 4.57. The van der Waals surface area contributed by atoms with Gasteiger partial charge in [0.15, 0.2) is 16.7 Å². The van der Waals surface area contributed by atoms with E-state index >= 15 is 0 Å². The highest BCUT2D eigenvalue weighted by Gasteiger charge is 2.14. The molecule has 0 aliphatic carbocycles. The van der Waals surface area contributed by atoms with E-state index in [0.717, 1.165) is 10.1 Å². The average molecular weight is 355 g/mol. The van der Waals surface area contributed by atoms with Crippen LogP contribution in [0.25, 0.3) is 22.3 Å². The predicted octanol–water partition coefficient (Wildman–Crippen LogP) is 0.432. The molecule has 0 aliphatic heterocycles. The van der Waals surface area contributed by atoms with Gasteiger partial charge in [-0.05, 0) is 18.6 Å². The second-order valence-electron chi connectivity index (χ2n) is 6.16. The fourth-order valence-corrected chi connectivity index (χ4v) is 3.19. The number of aryl methyl sites for hydroxylation is 3. The Bertz CT molecular complexity index is 1300. The molecule has 0 radical (unpaired) electrons. The zero-order chi connectivity index (χ0) is 18.4. The van der Waals surface area contributed by atoms with Gasteiger partial charge in [-0.1, -0.05) is 12.1 Å². The Morgan fingerprint density at radius 2 is 1.81 bits per heavy atom. The Morgan fingerprint density at radius 3 is 2.62 bits per heavy atom. The average Bonchev–Trinajstić information content (AvgIpc) is 3.19. The number of aromatic nitrogens is 5. The number of fused-ring (bicyclic) bond motifs is 2. The van der Waals surface area contributed by atoms with E-state index in [0.29, 0.717) is 36.3 Å². The standard InChI is InChI=1S/C17H17N5O4/c1-19-14-13(15(23)20(2)16(19)24)21(10-18-14)8-5-9-22-11-6-3-4-7-12(11)26-17(22)25/h3-4,6-7,10H,5,8-9H2,1-2H3. The van der Waals surface area contributed by atoms with Crippen LogP contribution in [-0.4, -0.2) is 23.3 Å². The van der Waals surface area contributed by atoms with Crippen molar-refractivity contribution in [1.29, 1.82) is 0 Å². The van der Waals surface area contributed by atoms with E-state index in [2.05, 4.69) is 4.98 Å². The molecule has 4 rings (SSSR count). The van der Waals surface area contributed by atoms with E-state index in [-0.39, 0.29) is 5.56 Å². The summed E-state index contributed by atoms with van der Waals surface area (Å²) >= 11 is 0. The summed E-state index contributed by atoms with van der Waals surface area (Å²) in [5.41, 5.74) is 1.22. The van der Waals surface area contributed by atoms with Gasteiger partial charge in [-0.3, -0.25) is 18.5 Å². The van der Waals surface area contributed by atoms with Crippen LogP contribution in [0.15, 0.2) is 49.4 Å². The lowest BCUT2D eigenvalue weighted by molar-refractivity contribution is 0.485. The fourth-order valence-electron chi connectivity index (χ4n) is 3.19. The number of benzene rings is 1. The summed E-state index contributed by atoms with van der Waals surface area (Å²) in [6.45, 7) is 0.928. The third-order valence-electron chi connectivity index (χ3n) is 4.57. The molecule has 0 N–H and O–H groups in total. The highest BCUT2D eigenvalue weighted by molar-refractivity contribution is 5.72. The van der Waals surface area contributed by atoms with Gasteiger partial charge in [0.1, 0.15) is 0 Å². The summed E-state index contributed by atoms with van der Waals surface area (Å²) in [5.74, 6) is -0.403. The Morgan fingerprint density at radius 1 is 1.04 bits per heavy atom. The number of imidazole rings is 1. The molecule has 134 valence electrons. The Balaban J connectivity index is 1.65. The summed E-state index contributed by atoms with van der Waals surface area (Å²) in [6, 6.07) is 7.24. The smallest absolute Gasteiger partial charge is 0.408 e. The minimum atomic E-state index is -0.413. The molecule has 0 bridgehead atoms. The summed E-state index contributed by atoms with van der Waals surface area (Å²) < 4.78 is 10.9. The van der Waals surface area contributed by atoms with Crippen LogP contribution in [0.5, 0.6) is 0 Å². The molecule has 3 heterocycles. The largest absolute Gasteiger partial charge is 0.419 e. The van der Waals surface area contributed by atoms with Crippen LogP contribution in [0.2, 0.25) is 0 Å². The maximum atomic E-state index is 12.4. The molecule has 0 saturated heterocycles. The number of hydrogen-bond donors (Lipinski definition) is 0. The van der Waals surface area contributed by atoms with Crippen LogP contribution < -0.4 is 17.0 Å². The summed E-state index contributed by atoms with van der Waals surface area (Å²) in [7, 11) is 3.03. The second-order valence-corrected chi connectivity index (χ2v) is 6.16. The topological polar surface area (TPSA) is 97.0 Å². The van der Waals surface area contributed by atoms with Crippen LogP contribution in [0.4, 0.5) is 0 Å². The first-order valence-electron chi connectivity index (χ1n) is 8.18. The second kappa shape index (κ2) is 5.87. The van der Waals surface area contributed by atoms with Crippen LogP contribution in [0, 0.1) is 0 Å². The van der Waals surface area contributed by atoms with Crippen LogP contribution >= 0.6 is 0 Å². The predicted molar refractivity (Wildman–Crippen MR) is 95.3 cm³/mol. The highest BCUT2D eigenvalue weighted by Crippen LogP contribution is 2.13. The van der Waals surface area contributed by atoms with E-state index < -0.39 is 11.4 Å². The molecule has 0 atom stereocenters. The maximum absolute atomic E-state index is 12.4. The van der Waals surface area contributed by atoms with Gasteiger partial charge in [-0.15, -0.1) is 0 Å². The number of oxazole rings is 1. The first-order valence-corrected chi connectivity index (χ1v) is 8.18. The van der Waals surface area contributed by atoms with E-state index in [1.807, 2.05) is 18.2 Å². The van der Waals surface area contributed by atoms with E-state index in [9.17, 15) is 14.4 Å². The van der Waals surface area contributed by atoms with Gasteiger partial charge < -0.3 is 8.98 Å². The van der Waals surface area contributed by atoms with Crippen molar-refractivity contribution in [2.45, 2.75) is 19.5 Å². The molecule has 0 unspecified atom stereocenters. The van der Waals surface area contributed by atoms with Crippen molar-refractivity contribution in [3.63, 3.8) is 0 Å². The maximum Gasteiger partial charge on any atom is 0.419 e. The van der Waals surface area contributed by atoms with Gasteiger partial charge in [0.25, 0.3) is 5.56 Å². The fraction of sp³-hybridized carbons (Fsp3) is 0.294. The van der Waals surface area contributed by atoms with Crippen molar-refractivity contribution in [2.75, 3.05) is 0 Å². The molecule has 9 nitrogen and oxygen atoms in total. The monoisotopic (exact) mass is 355 g/mol. The van der Waals surface area contributed by atoms with Crippen molar-refractivity contribution >= 4 is 22.3 Å². The van der Waals surface area contributed by atoms with Gasteiger partial charge in [-0.2, -0.15) is 0 Å². The minimum absolute atomic E-state index is 0.351. The Kier molecular flexibility index (Phi) is 3.64. The minimum Gasteiger partial charge on any atom is -0.408 e. The lowest BCUT2D eigenvalue weighted by atomic mass is 10.3. The number of rotatable bonds is 4. The first kappa shape index (κ1) is 16.1. The Labute approximate surface area is 146 Å². The van der Waals surface area contributed by atoms with Crippen LogP contribution in [-0.2, 0) is 27.2 Å². The van der Waals surface area contributed by atoms with Crippen molar-refractivity contribution < 1.29 is 4.42 Å². The molecule has 0 fully saturated rings. The number of nitrogens with zero attached hydrogens (tertiary/aromatic N) is 5. The van der Waals surface area contributed by atoms with Gasteiger partial charge in [0, 0.05) is 27.2 Å². The lowest BCUT2D eigenvalue weighted by Crippen LogP contribution is -2.37. The summed E-state index contributed by atoms with van der Waals surface area (Å²) in [4.78, 5) is 40.6. The van der Waals surface area contributed by atoms with Crippen molar-refractivity contribution in [1.82, 2.24) is 23.3 Å². The molecule has 0 aliphatic rings. The molecular formula is C17H17N5O4. The molecule has 0 amide bonds. The summed E-state index contributed by atoms with van der Waals surface area (Å²) in [5, 5.41) is 0. The Hall–Kier alpha value is -3.36. The van der Waals surface area contributed by atoms with Crippen molar-refractivity contribution in [3.8, 4) is 0 Å². The van der Waals surface area contributed by atoms with Crippen LogP contribution in [0.3, 0.4) is 0 Å². The molecule has 0 saturated carbocycles. The van der Waals surface area contributed by atoms with Crippen molar-refractivity contribution in [3.05, 3.63) is 62.0 Å². The lowest BCUT2D eigenvalue weighted by Gasteiger charge is -2.07. The molecule has 26 heavy (non-hydrogen) atoms. The van der Waals surface area contributed by atoms with Crippen molar-refractivity contribution in [2.24, 2.45) is 14.1 Å². The van der Waals surface area contributed by atoms with E-state index in [1.54, 1.807) is 28.6 Å². The summed E-state index contributed by atoms with van der Waals surface area (Å²) in [6.07, 6.45) is 2.14. The zero-order valence-electron chi connectivity index (χ0n) is 14.4. The number of hydrogen-bond acceptors (Lipinski definition) is 5. The van der Waals surface area contributed by atoms with E-state index in [4.69, 9.17) is 4.42 Å². The van der Waals surface area contributed by atoms with Gasteiger partial charge in [0.2, 0.25) is 0 Å². The molecule has 0 spiro atoms. The van der Waals surface area contributed by atoms with Gasteiger partial charge in [-0.25, -0.2) is 14.6 Å². The van der Waals surface area contributed by atoms with Gasteiger partial charge in [0.05, 0.1) is 11.8 Å².